The van der Waals surface area contributed by atoms with Crippen molar-refractivity contribution in [2.24, 2.45) is 13.0 Å². The third-order valence-electron chi connectivity index (χ3n) is 2.43. The Kier molecular flexibility index (Phi) is 3.52. The van der Waals surface area contributed by atoms with Gasteiger partial charge in [0.05, 0.1) is 5.69 Å². The van der Waals surface area contributed by atoms with Gasteiger partial charge in [-0.25, -0.2) is 0 Å². The van der Waals surface area contributed by atoms with Crippen LogP contribution in [0.4, 0.5) is 0 Å². The van der Waals surface area contributed by atoms with E-state index in [-0.39, 0.29) is 0 Å². The molecular weight excluding hydrogens is 160 g/mol. The monoisotopic (exact) mass is 180 g/mol. The molecule has 2 nitrogen and oxygen atoms in total. The van der Waals surface area contributed by atoms with Crippen molar-refractivity contribution in [2.45, 2.75) is 40.0 Å². The van der Waals surface area contributed by atoms with Crippen molar-refractivity contribution in [3.63, 3.8) is 0 Å². The quantitative estimate of drug-likeness (QED) is 0.600. The molecule has 0 aliphatic heterocycles. The fourth-order valence-corrected chi connectivity index (χ4v) is 1.83. The second-order valence-corrected chi connectivity index (χ2v) is 3.62. The van der Waals surface area contributed by atoms with Crippen molar-refractivity contribution in [1.29, 1.82) is 0 Å². The molecule has 1 unspecified atom stereocenters. The molecule has 0 radical (unpaired) electrons. The molecule has 0 saturated heterocycles. The van der Waals surface area contributed by atoms with Crippen LogP contribution in [-0.4, -0.2) is 9.78 Å². The van der Waals surface area contributed by atoms with Gasteiger partial charge in [0, 0.05) is 13.2 Å². The molecule has 0 N–H and O–H groups in total. The van der Waals surface area contributed by atoms with Crippen molar-refractivity contribution in [3.8, 4) is 0 Å². The Morgan fingerprint density at radius 1 is 1.46 bits per heavy atom. The highest BCUT2D eigenvalue weighted by molar-refractivity contribution is 5.20. The Labute approximate surface area is 81.0 Å². The van der Waals surface area contributed by atoms with E-state index >= 15 is 0 Å². The van der Waals surface area contributed by atoms with E-state index in [1.807, 2.05) is 25.6 Å². The fourth-order valence-electron chi connectivity index (χ4n) is 1.83. The average Bonchev–Trinajstić information content (AvgIpc) is 2.48. The van der Waals surface area contributed by atoms with Crippen LogP contribution < -0.4 is 0 Å². The number of hydrogen-bond acceptors (Lipinski definition) is 1. The second-order valence-electron chi connectivity index (χ2n) is 3.62. The molecule has 1 aliphatic rings. The van der Waals surface area contributed by atoms with Crippen LogP contribution in [0, 0.1) is 5.92 Å². The molecule has 0 fully saturated rings. The summed E-state index contributed by atoms with van der Waals surface area (Å²) in [6.07, 6.45) is 5.87. The van der Waals surface area contributed by atoms with Gasteiger partial charge in [0.25, 0.3) is 0 Å². The van der Waals surface area contributed by atoms with Gasteiger partial charge in [0.15, 0.2) is 0 Å². The molecule has 0 bridgehead atoms. The molecule has 74 valence electrons. The van der Waals surface area contributed by atoms with Crippen LogP contribution in [0.5, 0.6) is 0 Å². The first-order valence-corrected chi connectivity index (χ1v) is 5.27. The molecule has 1 atom stereocenters. The Balaban J connectivity index is 0.000000396. The minimum absolute atomic E-state index is 0.853. The van der Waals surface area contributed by atoms with E-state index in [1.54, 1.807) is 0 Å². The minimum Gasteiger partial charge on any atom is -0.275 e. The Bertz CT molecular complexity index is 263. The maximum Gasteiger partial charge on any atom is 0.0656 e. The van der Waals surface area contributed by atoms with Crippen LogP contribution in [0.25, 0.3) is 0 Å². The van der Waals surface area contributed by atoms with Gasteiger partial charge < -0.3 is 0 Å². The number of hydrogen-bond donors (Lipinski definition) is 0. The van der Waals surface area contributed by atoms with E-state index in [0.29, 0.717) is 0 Å². The highest BCUT2D eigenvalue weighted by Gasteiger charge is 2.17. The van der Waals surface area contributed by atoms with Gasteiger partial charge in [-0.3, -0.25) is 4.68 Å². The van der Waals surface area contributed by atoms with Gasteiger partial charge in [-0.1, -0.05) is 20.8 Å². The molecular formula is C11H20N2. The van der Waals surface area contributed by atoms with Gasteiger partial charge in [0.2, 0.25) is 0 Å². The van der Waals surface area contributed by atoms with Gasteiger partial charge in [-0.05, 0) is 30.7 Å². The van der Waals surface area contributed by atoms with Crippen molar-refractivity contribution in [3.05, 3.63) is 17.5 Å². The first-order valence-electron chi connectivity index (χ1n) is 5.27. The second kappa shape index (κ2) is 4.45. The summed E-state index contributed by atoms with van der Waals surface area (Å²) in [7, 11) is 2.00. The molecule has 1 heterocycles. The number of aromatic nitrogens is 2. The van der Waals surface area contributed by atoms with Crippen LogP contribution in [0.2, 0.25) is 0 Å². The highest BCUT2D eigenvalue weighted by atomic mass is 15.2. The molecule has 1 aromatic heterocycles. The smallest absolute Gasteiger partial charge is 0.0656 e. The van der Waals surface area contributed by atoms with E-state index in [4.69, 9.17) is 0 Å². The lowest BCUT2D eigenvalue weighted by molar-refractivity contribution is 0.497. The number of nitrogens with zero attached hydrogens (tertiary/aromatic N) is 2. The molecule has 2 rings (SSSR count). The lowest BCUT2D eigenvalue weighted by atomic mass is 9.89. The summed E-state index contributed by atoms with van der Waals surface area (Å²) < 4.78 is 1.93. The highest BCUT2D eigenvalue weighted by Crippen LogP contribution is 2.23. The molecule has 2 heteroatoms. The first kappa shape index (κ1) is 10.3. The Hall–Kier alpha value is -0.790. The van der Waals surface area contributed by atoms with E-state index in [0.717, 1.165) is 5.92 Å². The van der Waals surface area contributed by atoms with Gasteiger partial charge in [0.1, 0.15) is 0 Å². The minimum atomic E-state index is 0.853. The zero-order valence-corrected chi connectivity index (χ0v) is 9.17. The predicted octanol–water partition coefficient (Wildman–Crippen LogP) is 2.57. The summed E-state index contributed by atoms with van der Waals surface area (Å²) >= 11 is 0. The maximum atomic E-state index is 4.40. The van der Waals surface area contributed by atoms with Gasteiger partial charge >= 0.3 is 0 Å². The summed E-state index contributed by atoms with van der Waals surface area (Å²) in [5.41, 5.74) is 2.79. The molecule has 0 spiro atoms. The summed E-state index contributed by atoms with van der Waals surface area (Å²) in [6, 6.07) is 0. The lowest BCUT2D eigenvalue weighted by Gasteiger charge is -2.15. The Morgan fingerprint density at radius 3 is 2.85 bits per heavy atom. The molecule has 0 saturated carbocycles. The lowest BCUT2D eigenvalue weighted by Crippen LogP contribution is -2.09. The van der Waals surface area contributed by atoms with Crippen LogP contribution >= 0.6 is 0 Å². The molecule has 0 aromatic carbocycles. The predicted molar refractivity (Wildman–Crippen MR) is 55.7 cm³/mol. The third-order valence-corrected chi connectivity index (χ3v) is 2.43. The largest absolute Gasteiger partial charge is 0.275 e. The van der Waals surface area contributed by atoms with Crippen LogP contribution in [0.3, 0.4) is 0 Å². The maximum absolute atomic E-state index is 4.40. The van der Waals surface area contributed by atoms with E-state index in [2.05, 4.69) is 18.2 Å². The zero-order valence-electron chi connectivity index (χ0n) is 9.17. The summed E-state index contributed by atoms with van der Waals surface area (Å²) in [4.78, 5) is 0. The molecule has 1 aromatic rings. The fraction of sp³-hybridized carbons (Fsp3) is 0.727. The normalized spacial score (nSPS) is 20.2. The van der Waals surface area contributed by atoms with Crippen molar-refractivity contribution >= 4 is 0 Å². The number of aryl methyl sites for hydroxylation is 2. The zero-order chi connectivity index (χ0) is 9.84. The first-order chi connectivity index (χ1) is 6.25. The van der Waals surface area contributed by atoms with E-state index in [9.17, 15) is 0 Å². The number of fused-ring (bicyclic) bond motifs is 1. The SMILES string of the molecule is CC.CC1CCc2nn(C)cc2C1. The van der Waals surface area contributed by atoms with Crippen LogP contribution in [0.15, 0.2) is 6.20 Å². The summed E-state index contributed by atoms with van der Waals surface area (Å²) in [6.45, 7) is 6.32. The summed E-state index contributed by atoms with van der Waals surface area (Å²) in [5, 5.41) is 4.40. The standard InChI is InChI=1S/C9H14N2.C2H6/c1-7-3-4-9-8(5-7)6-11(2)10-9;1-2/h6-7H,3-5H2,1-2H3;1-2H3. The third kappa shape index (κ3) is 2.33. The van der Waals surface area contributed by atoms with Gasteiger partial charge in [-0.15, -0.1) is 0 Å². The van der Waals surface area contributed by atoms with Crippen LogP contribution in [-0.2, 0) is 19.9 Å². The molecule has 13 heavy (non-hydrogen) atoms. The van der Waals surface area contributed by atoms with Crippen molar-refractivity contribution < 1.29 is 0 Å². The van der Waals surface area contributed by atoms with Crippen LogP contribution in [0.1, 0.15) is 38.4 Å². The summed E-state index contributed by atoms with van der Waals surface area (Å²) in [5.74, 6) is 0.853. The van der Waals surface area contributed by atoms with Gasteiger partial charge in [-0.2, -0.15) is 5.10 Å². The average molecular weight is 180 g/mol. The molecule has 1 aliphatic carbocycles. The molecule has 0 amide bonds. The van der Waals surface area contributed by atoms with Crippen molar-refractivity contribution in [1.82, 2.24) is 9.78 Å². The topological polar surface area (TPSA) is 17.8 Å². The Morgan fingerprint density at radius 2 is 2.15 bits per heavy atom. The van der Waals surface area contributed by atoms with Crippen molar-refractivity contribution in [2.75, 3.05) is 0 Å². The number of rotatable bonds is 0. The van der Waals surface area contributed by atoms with E-state index in [1.165, 1.54) is 30.5 Å². The van der Waals surface area contributed by atoms with E-state index < -0.39 is 0 Å².